The number of nitriles is 1. The molecule has 19 heavy (non-hydrogen) atoms. The number of nitrogens with one attached hydrogen (secondary N) is 1. The maximum Gasteiger partial charge on any atom is 0.271 e. The van der Waals surface area contributed by atoms with Gasteiger partial charge in [0.1, 0.15) is 11.7 Å². The number of halogens is 1. The van der Waals surface area contributed by atoms with Crippen LogP contribution in [-0.4, -0.2) is 41.1 Å². The first kappa shape index (κ1) is 13.9. The van der Waals surface area contributed by atoms with Crippen LogP contribution in [0, 0.1) is 11.3 Å². The number of aryl methyl sites for hydroxylation is 1. The molecule has 6 heteroatoms. The minimum Gasteiger partial charge on any atom is -0.342 e. The van der Waals surface area contributed by atoms with Crippen LogP contribution in [-0.2, 0) is 6.54 Å². The zero-order valence-electron chi connectivity index (χ0n) is 10.9. The van der Waals surface area contributed by atoms with Crippen LogP contribution in [0.25, 0.3) is 0 Å². The largest absolute Gasteiger partial charge is 0.342 e. The Balaban J connectivity index is 2.25. The highest BCUT2D eigenvalue weighted by atomic mass is 35.5. The lowest BCUT2D eigenvalue weighted by molar-refractivity contribution is 0.0676. The average Bonchev–Trinajstić information content (AvgIpc) is 2.79. The molecule has 0 aromatic carbocycles. The zero-order valence-corrected chi connectivity index (χ0v) is 11.7. The molecule has 5 nitrogen and oxygen atoms in total. The van der Waals surface area contributed by atoms with Gasteiger partial charge < -0.3 is 14.8 Å². The van der Waals surface area contributed by atoms with E-state index >= 15 is 0 Å². The van der Waals surface area contributed by atoms with Crippen LogP contribution in [0.15, 0.2) is 12.3 Å². The third-order valence-electron chi connectivity index (χ3n) is 3.20. The smallest absolute Gasteiger partial charge is 0.271 e. The molecule has 0 spiro atoms. The number of hydrogen-bond donors (Lipinski definition) is 1. The molecule has 0 saturated carbocycles. The topological polar surface area (TPSA) is 61.1 Å². The zero-order chi connectivity index (χ0) is 13.8. The molecule has 1 N–H and O–H groups in total. The van der Waals surface area contributed by atoms with Crippen molar-refractivity contribution in [2.75, 3.05) is 19.6 Å². The Morgan fingerprint density at radius 1 is 1.68 bits per heavy atom. The summed E-state index contributed by atoms with van der Waals surface area (Å²) in [6.07, 6.45) is 2.69. The van der Waals surface area contributed by atoms with Gasteiger partial charge in [0.25, 0.3) is 5.91 Å². The van der Waals surface area contributed by atoms with Crippen LogP contribution in [0.2, 0.25) is 5.02 Å². The van der Waals surface area contributed by atoms with E-state index in [4.69, 9.17) is 16.9 Å². The first-order valence-electron chi connectivity index (χ1n) is 6.44. The molecule has 1 atom stereocenters. The van der Waals surface area contributed by atoms with Gasteiger partial charge in [-0.05, 0) is 12.5 Å². The molecule has 102 valence electrons. The second kappa shape index (κ2) is 6.09. The monoisotopic (exact) mass is 280 g/mol. The van der Waals surface area contributed by atoms with Crippen molar-refractivity contribution in [2.45, 2.75) is 25.9 Å². The molecule has 1 fully saturated rings. The van der Waals surface area contributed by atoms with Crippen molar-refractivity contribution < 1.29 is 4.79 Å². The molecule has 1 amide bonds. The fourth-order valence-corrected chi connectivity index (χ4v) is 2.51. The van der Waals surface area contributed by atoms with Gasteiger partial charge in [-0.2, -0.15) is 5.26 Å². The van der Waals surface area contributed by atoms with E-state index in [2.05, 4.69) is 11.4 Å². The van der Waals surface area contributed by atoms with Gasteiger partial charge in [-0.25, -0.2) is 0 Å². The summed E-state index contributed by atoms with van der Waals surface area (Å²) in [7, 11) is 0. The van der Waals surface area contributed by atoms with E-state index in [1.54, 1.807) is 17.2 Å². The highest BCUT2D eigenvalue weighted by Crippen LogP contribution is 2.18. The number of nitrogens with zero attached hydrogens (tertiary/aromatic N) is 3. The van der Waals surface area contributed by atoms with E-state index in [0.717, 1.165) is 13.0 Å². The third kappa shape index (κ3) is 2.91. The molecule has 0 aliphatic carbocycles. The second-order valence-corrected chi connectivity index (χ2v) is 5.02. The standard InChI is InChI=1S/C13H17ClN4O/c1-2-4-17-9-10(14)6-12(17)13(19)18-5-3-16-8-11(18)7-15/h6,9,11,16H,2-5,8H2,1H3. The molecule has 2 heterocycles. The Morgan fingerprint density at radius 3 is 3.16 bits per heavy atom. The lowest BCUT2D eigenvalue weighted by Crippen LogP contribution is -2.53. The Hall–Kier alpha value is -1.51. The van der Waals surface area contributed by atoms with Gasteiger partial charge in [0.05, 0.1) is 11.1 Å². The summed E-state index contributed by atoms with van der Waals surface area (Å²) < 4.78 is 1.86. The van der Waals surface area contributed by atoms with Crippen molar-refractivity contribution in [3.8, 4) is 6.07 Å². The predicted molar refractivity (Wildman–Crippen MR) is 73.0 cm³/mol. The number of amides is 1. The predicted octanol–water partition coefficient (Wildman–Crippen LogP) is 1.49. The van der Waals surface area contributed by atoms with Crippen molar-refractivity contribution in [1.29, 1.82) is 5.26 Å². The molecular formula is C13H17ClN4O. The molecule has 0 radical (unpaired) electrons. The van der Waals surface area contributed by atoms with Crippen molar-refractivity contribution >= 4 is 17.5 Å². The number of aromatic nitrogens is 1. The molecule has 1 saturated heterocycles. The van der Waals surface area contributed by atoms with Gasteiger partial charge in [-0.1, -0.05) is 18.5 Å². The Morgan fingerprint density at radius 2 is 2.47 bits per heavy atom. The van der Waals surface area contributed by atoms with E-state index in [1.807, 2.05) is 11.5 Å². The average molecular weight is 281 g/mol. The van der Waals surface area contributed by atoms with Gasteiger partial charge in [0.2, 0.25) is 0 Å². The number of hydrogen-bond acceptors (Lipinski definition) is 3. The van der Waals surface area contributed by atoms with Crippen LogP contribution >= 0.6 is 11.6 Å². The van der Waals surface area contributed by atoms with E-state index in [-0.39, 0.29) is 5.91 Å². The molecule has 1 aromatic rings. The second-order valence-electron chi connectivity index (χ2n) is 4.58. The Bertz CT molecular complexity index is 505. The SMILES string of the molecule is CCCn1cc(Cl)cc1C(=O)N1CCNCC1C#N. The minimum atomic E-state index is -0.412. The van der Waals surface area contributed by atoms with Gasteiger partial charge >= 0.3 is 0 Å². The normalized spacial score (nSPS) is 19.2. The minimum absolute atomic E-state index is 0.117. The van der Waals surface area contributed by atoms with Crippen molar-refractivity contribution in [1.82, 2.24) is 14.8 Å². The Labute approximate surface area is 117 Å². The number of rotatable bonds is 3. The van der Waals surface area contributed by atoms with Crippen LogP contribution in [0.3, 0.4) is 0 Å². The van der Waals surface area contributed by atoms with Gasteiger partial charge in [-0.15, -0.1) is 0 Å². The number of carbonyl (C=O) groups is 1. The summed E-state index contributed by atoms with van der Waals surface area (Å²) in [6, 6.07) is 3.43. The lowest BCUT2D eigenvalue weighted by atomic mass is 10.2. The van der Waals surface area contributed by atoms with Crippen molar-refractivity contribution in [2.24, 2.45) is 0 Å². The molecule has 1 aliphatic rings. The molecule has 0 bridgehead atoms. The summed E-state index contributed by atoms with van der Waals surface area (Å²) in [5.41, 5.74) is 0.564. The van der Waals surface area contributed by atoms with Crippen LogP contribution in [0.4, 0.5) is 0 Å². The van der Waals surface area contributed by atoms with E-state index in [0.29, 0.717) is 30.4 Å². The van der Waals surface area contributed by atoms with Crippen LogP contribution in [0.1, 0.15) is 23.8 Å². The summed E-state index contributed by atoms with van der Waals surface area (Å²) in [4.78, 5) is 14.2. The molecule has 1 aromatic heterocycles. The summed E-state index contributed by atoms with van der Waals surface area (Å²) in [6.45, 7) is 4.57. The molecule has 1 aliphatic heterocycles. The number of piperazine rings is 1. The molecule has 2 rings (SSSR count). The van der Waals surface area contributed by atoms with Gasteiger partial charge in [0.15, 0.2) is 0 Å². The maximum absolute atomic E-state index is 12.5. The maximum atomic E-state index is 12.5. The summed E-state index contributed by atoms with van der Waals surface area (Å²) >= 11 is 5.99. The molecular weight excluding hydrogens is 264 g/mol. The van der Waals surface area contributed by atoms with Crippen LogP contribution < -0.4 is 5.32 Å². The summed E-state index contributed by atoms with van der Waals surface area (Å²) in [5, 5.41) is 12.8. The van der Waals surface area contributed by atoms with Crippen molar-refractivity contribution in [3.05, 3.63) is 23.0 Å². The van der Waals surface area contributed by atoms with Gasteiger partial charge in [-0.3, -0.25) is 4.79 Å². The fraction of sp³-hybridized carbons (Fsp3) is 0.538. The van der Waals surface area contributed by atoms with Gasteiger partial charge in [0, 0.05) is 32.4 Å². The van der Waals surface area contributed by atoms with Crippen molar-refractivity contribution in [3.63, 3.8) is 0 Å². The first-order valence-corrected chi connectivity index (χ1v) is 6.82. The van der Waals surface area contributed by atoms with E-state index < -0.39 is 6.04 Å². The quantitative estimate of drug-likeness (QED) is 0.912. The Kier molecular flexibility index (Phi) is 4.46. The first-order chi connectivity index (χ1) is 9.17. The highest BCUT2D eigenvalue weighted by Gasteiger charge is 2.28. The fourth-order valence-electron chi connectivity index (χ4n) is 2.29. The highest BCUT2D eigenvalue weighted by molar-refractivity contribution is 6.31. The summed E-state index contributed by atoms with van der Waals surface area (Å²) in [5.74, 6) is -0.117. The third-order valence-corrected chi connectivity index (χ3v) is 3.41. The lowest BCUT2D eigenvalue weighted by Gasteiger charge is -2.32. The van der Waals surface area contributed by atoms with E-state index in [9.17, 15) is 4.79 Å². The molecule has 1 unspecified atom stereocenters. The van der Waals surface area contributed by atoms with E-state index in [1.165, 1.54) is 0 Å². The van der Waals surface area contributed by atoms with Crippen LogP contribution in [0.5, 0.6) is 0 Å². The number of carbonyl (C=O) groups excluding carboxylic acids is 1.